The van der Waals surface area contributed by atoms with Crippen LogP contribution in [0, 0.1) is 23.2 Å². The Kier molecular flexibility index (Phi) is 4.23. The van der Waals surface area contributed by atoms with Gasteiger partial charge in [0.1, 0.15) is 11.5 Å². The van der Waals surface area contributed by atoms with E-state index in [9.17, 15) is 10.1 Å². The average Bonchev–Trinajstić information content (AvgIpc) is 3.35. The molecule has 160 valence electrons. The van der Waals surface area contributed by atoms with Crippen molar-refractivity contribution < 1.29 is 9.53 Å². The molecule has 0 radical (unpaired) electrons. The highest BCUT2D eigenvalue weighted by Crippen LogP contribution is 2.60. The highest BCUT2D eigenvalue weighted by molar-refractivity contribution is 5.90. The largest absolute Gasteiger partial charge is 0.442 e. The minimum atomic E-state index is -0.424. The topological polar surface area (TPSA) is 109 Å². The second-order valence-corrected chi connectivity index (χ2v) is 8.57. The standard InChI is InChI=1S/C23H21N7O2/c24-14-23(19-10-25-11-20(19)23)21-6-3-16(9-26-21)15-1-4-17(5-2-15)30-13-18(32-22(30)31)12-29-8-7-27-28-29/h1-9,18-20,25H,10-13H2/t18-,19?,20?,23?/m0/s1. The molecule has 2 aliphatic heterocycles. The van der Waals surface area contributed by atoms with Crippen LogP contribution in [0.4, 0.5) is 10.5 Å². The second kappa shape index (κ2) is 7.14. The van der Waals surface area contributed by atoms with Crippen molar-refractivity contribution in [3.63, 3.8) is 0 Å². The molecule has 1 aliphatic carbocycles. The molecular weight excluding hydrogens is 406 g/mol. The molecule has 3 aliphatic rings. The van der Waals surface area contributed by atoms with E-state index >= 15 is 0 Å². The SMILES string of the molecule is N#CC1(c2ccc(-c3ccc(N4C[C@H](Cn5ccnn5)OC4=O)cc3)cn2)C2CNCC21. The van der Waals surface area contributed by atoms with E-state index in [1.165, 1.54) is 0 Å². The first-order chi connectivity index (χ1) is 15.7. The van der Waals surface area contributed by atoms with Gasteiger partial charge in [-0.25, -0.2) is 9.48 Å². The highest BCUT2D eigenvalue weighted by Gasteiger charge is 2.69. The van der Waals surface area contributed by atoms with Crippen molar-refractivity contribution in [3.05, 3.63) is 60.7 Å². The van der Waals surface area contributed by atoms with Gasteiger partial charge in [0.05, 0.1) is 31.0 Å². The summed E-state index contributed by atoms with van der Waals surface area (Å²) in [5, 5.41) is 20.8. The zero-order valence-corrected chi connectivity index (χ0v) is 17.3. The molecule has 3 aromatic rings. The summed E-state index contributed by atoms with van der Waals surface area (Å²) in [7, 11) is 0. The first kappa shape index (κ1) is 19.0. The summed E-state index contributed by atoms with van der Waals surface area (Å²) in [5.74, 6) is 0.748. The van der Waals surface area contributed by atoms with E-state index < -0.39 is 5.41 Å². The minimum absolute atomic E-state index is 0.273. The quantitative estimate of drug-likeness (QED) is 0.663. The van der Waals surface area contributed by atoms with Crippen LogP contribution >= 0.6 is 0 Å². The molecule has 3 atom stereocenters. The average molecular weight is 427 g/mol. The molecule has 9 heteroatoms. The number of carbonyl (C=O) groups excluding carboxylic acids is 1. The van der Waals surface area contributed by atoms with Crippen molar-refractivity contribution in [3.8, 4) is 17.2 Å². The summed E-state index contributed by atoms with van der Waals surface area (Å²) in [6, 6.07) is 14.3. The monoisotopic (exact) mass is 427 g/mol. The van der Waals surface area contributed by atoms with Crippen LogP contribution in [0.5, 0.6) is 0 Å². The van der Waals surface area contributed by atoms with Crippen molar-refractivity contribution in [2.45, 2.75) is 18.1 Å². The van der Waals surface area contributed by atoms with Gasteiger partial charge in [0.15, 0.2) is 0 Å². The highest BCUT2D eigenvalue weighted by atomic mass is 16.6. The molecule has 9 nitrogen and oxygen atoms in total. The fraction of sp³-hybridized carbons (Fsp3) is 0.348. The van der Waals surface area contributed by atoms with E-state index in [-0.39, 0.29) is 12.2 Å². The molecule has 2 unspecified atom stereocenters. The normalized spacial score (nSPS) is 28.3. The Morgan fingerprint density at radius 2 is 1.94 bits per heavy atom. The first-order valence-electron chi connectivity index (χ1n) is 10.7. The number of hydrogen-bond acceptors (Lipinski definition) is 7. The van der Waals surface area contributed by atoms with E-state index in [1.807, 2.05) is 42.6 Å². The lowest BCUT2D eigenvalue weighted by molar-refractivity contribution is 0.129. The van der Waals surface area contributed by atoms with Crippen LogP contribution in [0.3, 0.4) is 0 Å². The number of nitrogens with zero attached hydrogens (tertiary/aromatic N) is 6. The molecule has 1 amide bonds. The fourth-order valence-corrected chi connectivity index (χ4v) is 5.15. The van der Waals surface area contributed by atoms with Crippen LogP contribution in [-0.2, 0) is 16.7 Å². The number of cyclic esters (lactones) is 1. The van der Waals surface area contributed by atoms with E-state index in [2.05, 4.69) is 26.7 Å². The second-order valence-electron chi connectivity index (χ2n) is 8.57. The number of anilines is 1. The number of nitriles is 1. The third-order valence-corrected chi connectivity index (χ3v) is 6.90. The van der Waals surface area contributed by atoms with Crippen molar-refractivity contribution in [1.82, 2.24) is 25.3 Å². The molecule has 1 aromatic carbocycles. The van der Waals surface area contributed by atoms with E-state index in [1.54, 1.807) is 22.0 Å². The van der Waals surface area contributed by atoms with Crippen LogP contribution < -0.4 is 10.2 Å². The number of piperidine rings is 1. The van der Waals surface area contributed by atoms with Gasteiger partial charge in [0.25, 0.3) is 0 Å². The summed E-state index contributed by atoms with van der Waals surface area (Å²) < 4.78 is 7.12. The van der Waals surface area contributed by atoms with Gasteiger partial charge in [-0.2, -0.15) is 5.26 Å². The number of carbonyl (C=O) groups is 1. The number of hydrogen-bond donors (Lipinski definition) is 1. The third-order valence-electron chi connectivity index (χ3n) is 6.90. The molecule has 1 N–H and O–H groups in total. The molecule has 2 aromatic heterocycles. The summed E-state index contributed by atoms with van der Waals surface area (Å²) in [6.07, 6.45) is 4.55. The smallest absolute Gasteiger partial charge is 0.414 e. The van der Waals surface area contributed by atoms with Gasteiger partial charge in [-0.15, -0.1) is 5.10 Å². The zero-order valence-electron chi connectivity index (χ0n) is 17.3. The van der Waals surface area contributed by atoms with Gasteiger partial charge in [0.2, 0.25) is 0 Å². The number of benzene rings is 1. The Morgan fingerprint density at radius 3 is 2.59 bits per heavy atom. The molecule has 4 heterocycles. The Bertz CT molecular complexity index is 1170. The molecule has 1 saturated carbocycles. The lowest BCUT2D eigenvalue weighted by Gasteiger charge is -2.15. The number of fused-ring (bicyclic) bond motifs is 1. The maximum atomic E-state index is 12.3. The number of amides is 1. The van der Waals surface area contributed by atoms with Gasteiger partial charge in [0, 0.05) is 48.6 Å². The molecule has 0 spiro atoms. The maximum absolute atomic E-state index is 12.3. The summed E-state index contributed by atoms with van der Waals surface area (Å²) in [5.41, 5.74) is 3.21. The molecule has 2 saturated heterocycles. The van der Waals surface area contributed by atoms with Gasteiger partial charge in [-0.3, -0.25) is 9.88 Å². The van der Waals surface area contributed by atoms with Crippen molar-refractivity contribution in [2.75, 3.05) is 24.5 Å². The van der Waals surface area contributed by atoms with Crippen LogP contribution in [0.15, 0.2) is 55.0 Å². The lowest BCUT2D eigenvalue weighted by Crippen LogP contribution is -2.26. The Balaban J connectivity index is 1.16. The van der Waals surface area contributed by atoms with Gasteiger partial charge < -0.3 is 10.1 Å². The number of rotatable bonds is 5. The number of aromatic nitrogens is 4. The van der Waals surface area contributed by atoms with Crippen LogP contribution in [0.1, 0.15) is 5.69 Å². The maximum Gasteiger partial charge on any atom is 0.414 e. The van der Waals surface area contributed by atoms with Gasteiger partial charge in [-0.1, -0.05) is 23.4 Å². The molecular formula is C23H21N7O2. The van der Waals surface area contributed by atoms with Crippen LogP contribution in [0.2, 0.25) is 0 Å². The Labute approximate surface area is 184 Å². The van der Waals surface area contributed by atoms with Crippen molar-refractivity contribution in [1.29, 1.82) is 5.26 Å². The lowest BCUT2D eigenvalue weighted by atomic mass is 9.96. The number of pyridine rings is 1. The fourth-order valence-electron chi connectivity index (χ4n) is 5.15. The minimum Gasteiger partial charge on any atom is -0.442 e. The molecule has 0 bridgehead atoms. The molecule has 3 fully saturated rings. The third kappa shape index (κ3) is 2.87. The van der Waals surface area contributed by atoms with E-state index in [0.29, 0.717) is 24.9 Å². The Morgan fingerprint density at radius 1 is 1.16 bits per heavy atom. The predicted molar refractivity (Wildman–Crippen MR) is 114 cm³/mol. The van der Waals surface area contributed by atoms with Crippen molar-refractivity contribution in [2.24, 2.45) is 11.8 Å². The van der Waals surface area contributed by atoms with E-state index in [4.69, 9.17) is 4.74 Å². The summed E-state index contributed by atoms with van der Waals surface area (Å²) >= 11 is 0. The molecule has 32 heavy (non-hydrogen) atoms. The van der Waals surface area contributed by atoms with Gasteiger partial charge >= 0.3 is 6.09 Å². The predicted octanol–water partition coefficient (Wildman–Crippen LogP) is 1.98. The first-order valence-corrected chi connectivity index (χ1v) is 10.7. The van der Waals surface area contributed by atoms with Crippen molar-refractivity contribution >= 4 is 11.8 Å². The number of ether oxygens (including phenoxy) is 1. The van der Waals surface area contributed by atoms with E-state index in [0.717, 1.165) is 35.6 Å². The Hall–Kier alpha value is -3.77. The van der Waals surface area contributed by atoms with Crippen LogP contribution in [0.25, 0.3) is 11.1 Å². The zero-order chi connectivity index (χ0) is 21.7. The summed E-state index contributed by atoms with van der Waals surface area (Å²) in [4.78, 5) is 18.6. The molecule has 6 rings (SSSR count). The van der Waals surface area contributed by atoms with Gasteiger partial charge in [-0.05, 0) is 23.8 Å². The van der Waals surface area contributed by atoms with Crippen LogP contribution in [-0.4, -0.2) is 51.8 Å². The summed E-state index contributed by atoms with van der Waals surface area (Å²) in [6.45, 7) is 2.71. The number of nitrogens with one attached hydrogen (secondary N) is 1.